The Morgan fingerprint density at radius 2 is 1.86 bits per heavy atom. The van der Waals surface area contributed by atoms with Crippen molar-refractivity contribution in [1.29, 1.82) is 0 Å². The van der Waals surface area contributed by atoms with Crippen LogP contribution in [-0.2, 0) is 12.6 Å². The van der Waals surface area contributed by atoms with Crippen molar-refractivity contribution in [3.05, 3.63) is 35.1 Å². The van der Waals surface area contributed by atoms with E-state index in [1.54, 1.807) is 0 Å². The second-order valence-corrected chi connectivity index (χ2v) is 3.05. The summed E-state index contributed by atoms with van der Waals surface area (Å²) in [5, 5.41) is 0. The van der Waals surface area contributed by atoms with Gasteiger partial charge in [0.15, 0.2) is 0 Å². The van der Waals surface area contributed by atoms with Crippen LogP contribution in [0.5, 0.6) is 0 Å². The second-order valence-electron chi connectivity index (χ2n) is 3.05. The Morgan fingerprint density at radius 1 is 1.21 bits per heavy atom. The van der Waals surface area contributed by atoms with E-state index in [0.29, 0.717) is 24.5 Å². The normalized spacial score (nSPS) is 11.8. The van der Waals surface area contributed by atoms with E-state index in [1.807, 2.05) is 6.92 Å². The van der Waals surface area contributed by atoms with E-state index in [-0.39, 0.29) is 0 Å². The zero-order chi connectivity index (χ0) is 10.8. The zero-order valence-electron chi connectivity index (χ0n) is 7.66. The van der Waals surface area contributed by atoms with Crippen molar-refractivity contribution in [1.82, 2.24) is 0 Å². The van der Waals surface area contributed by atoms with E-state index in [4.69, 9.17) is 0 Å². The Balaban J connectivity index is 3.01. The highest BCUT2D eigenvalue weighted by atomic mass is 19.4. The number of hydrogen-bond donors (Lipinski definition) is 0. The van der Waals surface area contributed by atoms with Crippen LogP contribution < -0.4 is 0 Å². The highest BCUT2D eigenvalue weighted by Gasteiger charge is 2.30. The van der Waals surface area contributed by atoms with Crippen LogP contribution >= 0.6 is 0 Å². The van der Waals surface area contributed by atoms with Crippen LogP contribution in [0, 0.1) is 5.82 Å². The summed E-state index contributed by atoms with van der Waals surface area (Å²) < 4.78 is 49.4. The molecule has 0 aliphatic rings. The Labute approximate surface area is 79.6 Å². The molecule has 0 atom stereocenters. The summed E-state index contributed by atoms with van der Waals surface area (Å²) in [5.74, 6) is -0.776. The first kappa shape index (κ1) is 11.0. The number of benzene rings is 1. The average molecular weight is 206 g/mol. The van der Waals surface area contributed by atoms with Crippen LogP contribution in [0.4, 0.5) is 17.6 Å². The molecule has 0 bridgehead atoms. The first-order valence-electron chi connectivity index (χ1n) is 4.30. The third-order valence-electron chi connectivity index (χ3n) is 1.90. The maximum Gasteiger partial charge on any atom is 0.416 e. The predicted molar refractivity (Wildman–Crippen MR) is 45.4 cm³/mol. The fraction of sp³-hybridized carbons (Fsp3) is 0.400. The highest BCUT2D eigenvalue weighted by molar-refractivity contribution is 5.26. The van der Waals surface area contributed by atoms with Crippen LogP contribution in [0.3, 0.4) is 0 Å². The van der Waals surface area contributed by atoms with Gasteiger partial charge in [0.1, 0.15) is 5.82 Å². The molecule has 0 aliphatic heterocycles. The molecule has 0 nitrogen and oxygen atoms in total. The van der Waals surface area contributed by atoms with Gasteiger partial charge in [0, 0.05) is 0 Å². The quantitative estimate of drug-likeness (QED) is 0.645. The minimum Gasteiger partial charge on any atom is -0.207 e. The lowest BCUT2D eigenvalue weighted by Crippen LogP contribution is -2.06. The predicted octanol–water partition coefficient (Wildman–Crippen LogP) is 3.80. The fourth-order valence-electron chi connectivity index (χ4n) is 1.20. The standard InChI is InChI=1S/C10H10F4/c1-2-3-7-4-5-8(6-9(7)11)10(12,13)14/h4-6H,2-3H2,1H3. The minimum atomic E-state index is -4.47. The van der Waals surface area contributed by atoms with Gasteiger partial charge in [0.2, 0.25) is 0 Å². The van der Waals surface area contributed by atoms with Crippen molar-refractivity contribution in [2.45, 2.75) is 25.9 Å². The molecule has 78 valence electrons. The third-order valence-corrected chi connectivity index (χ3v) is 1.90. The van der Waals surface area contributed by atoms with Crippen molar-refractivity contribution >= 4 is 0 Å². The third kappa shape index (κ3) is 2.47. The molecule has 0 aromatic heterocycles. The smallest absolute Gasteiger partial charge is 0.207 e. The molecule has 1 rings (SSSR count). The topological polar surface area (TPSA) is 0 Å². The highest BCUT2D eigenvalue weighted by Crippen LogP contribution is 2.30. The Hall–Kier alpha value is -1.06. The average Bonchev–Trinajstić information content (AvgIpc) is 2.07. The molecule has 0 saturated heterocycles. The summed E-state index contributed by atoms with van der Waals surface area (Å²) in [4.78, 5) is 0. The molecule has 0 unspecified atom stereocenters. The molecule has 1 aromatic carbocycles. The number of alkyl halides is 3. The summed E-state index contributed by atoms with van der Waals surface area (Å²) in [6.45, 7) is 1.84. The molecule has 0 spiro atoms. The maximum absolute atomic E-state index is 13.1. The second kappa shape index (κ2) is 3.98. The van der Waals surface area contributed by atoms with Crippen molar-refractivity contribution in [2.24, 2.45) is 0 Å². The summed E-state index contributed by atoms with van der Waals surface area (Å²) >= 11 is 0. The lowest BCUT2D eigenvalue weighted by atomic mass is 10.1. The van der Waals surface area contributed by atoms with E-state index in [9.17, 15) is 17.6 Å². The van der Waals surface area contributed by atoms with Crippen LogP contribution in [0.15, 0.2) is 18.2 Å². The van der Waals surface area contributed by atoms with E-state index in [2.05, 4.69) is 0 Å². The maximum atomic E-state index is 13.1. The molecular formula is C10H10F4. The molecular weight excluding hydrogens is 196 g/mol. The molecule has 0 saturated carbocycles. The Bertz CT molecular complexity index is 314. The van der Waals surface area contributed by atoms with E-state index in [1.165, 1.54) is 6.07 Å². The summed E-state index contributed by atoms with van der Waals surface area (Å²) in [7, 11) is 0. The van der Waals surface area contributed by atoms with E-state index < -0.39 is 17.6 Å². The van der Waals surface area contributed by atoms with Gasteiger partial charge in [-0.05, 0) is 24.1 Å². The van der Waals surface area contributed by atoms with Crippen LogP contribution in [0.2, 0.25) is 0 Å². The molecule has 0 heterocycles. The molecule has 0 aliphatic carbocycles. The van der Waals surface area contributed by atoms with Gasteiger partial charge in [-0.25, -0.2) is 4.39 Å². The first-order valence-corrected chi connectivity index (χ1v) is 4.30. The van der Waals surface area contributed by atoms with Gasteiger partial charge in [0.05, 0.1) is 5.56 Å². The lowest BCUT2D eigenvalue weighted by molar-refractivity contribution is -0.137. The SMILES string of the molecule is CCCc1ccc(C(F)(F)F)cc1F. The van der Waals surface area contributed by atoms with Crippen molar-refractivity contribution in [3.8, 4) is 0 Å². The monoisotopic (exact) mass is 206 g/mol. The zero-order valence-corrected chi connectivity index (χ0v) is 7.66. The van der Waals surface area contributed by atoms with Crippen molar-refractivity contribution < 1.29 is 17.6 Å². The lowest BCUT2D eigenvalue weighted by Gasteiger charge is -2.08. The number of aryl methyl sites for hydroxylation is 1. The summed E-state index contributed by atoms with van der Waals surface area (Å²) in [6.07, 6.45) is -3.29. The fourth-order valence-corrected chi connectivity index (χ4v) is 1.20. The Kier molecular flexibility index (Phi) is 3.13. The van der Waals surface area contributed by atoms with Crippen molar-refractivity contribution in [3.63, 3.8) is 0 Å². The van der Waals surface area contributed by atoms with Gasteiger partial charge in [0.25, 0.3) is 0 Å². The minimum absolute atomic E-state index is 0.334. The van der Waals surface area contributed by atoms with Crippen LogP contribution in [-0.4, -0.2) is 0 Å². The molecule has 0 radical (unpaired) electrons. The molecule has 0 N–H and O–H groups in total. The molecule has 14 heavy (non-hydrogen) atoms. The van der Waals surface area contributed by atoms with Gasteiger partial charge in [-0.1, -0.05) is 19.4 Å². The number of rotatable bonds is 2. The van der Waals surface area contributed by atoms with Gasteiger partial charge in [-0.15, -0.1) is 0 Å². The molecule has 0 amide bonds. The van der Waals surface area contributed by atoms with Gasteiger partial charge in [-0.3, -0.25) is 0 Å². The molecule has 0 fully saturated rings. The Morgan fingerprint density at radius 3 is 2.29 bits per heavy atom. The van der Waals surface area contributed by atoms with E-state index >= 15 is 0 Å². The summed E-state index contributed by atoms with van der Waals surface area (Å²) in [6, 6.07) is 2.65. The van der Waals surface area contributed by atoms with Gasteiger partial charge in [-0.2, -0.15) is 13.2 Å². The number of hydrogen-bond acceptors (Lipinski definition) is 0. The molecule has 4 heteroatoms. The first-order chi connectivity index (χ1) is 6.45. The van der Waals surface area contributed by atoms with Crippen LogP contribution in [0.25, 0.3) is 0 Å². The largest absolute Gasteiger partial charge is 0.416 e. The number of halogens is 4. The van der Waals surface area contributed by atoms with Gasteiger partial charge < -0.3 is 0 Å². The van der Waals surface area contributed by atoms with Gasteiger partial charge >= 0.3 is 6.18 Å². The molecule has 1 aromatic rings. The van der Waals surface area contributed by atoms with Crippen LogP contribution in [0.1, 0.15) is 24.5 Å². The van der Waals surface area contributed by atoms with Crippen molar-refractivity contribution in [2.75, 3.05) is 0 Å². The van der Waals surface area contributed by atoms with E-state index in [0.717, 1.165) is 6.07 Å². The summed E-state index contributed by atoms with van der Waals surface area (Å²) in [5.41, 5.74) is -0.602.